The number of hydrogen-bond acceptors (Lipinski definition) is 5. The highest BCUT2D eigenvalue weighted by atomic mass is 16.5. The van der Waals surface area contributed by atoms with Gasteiger partial charge in [0.1, 0.15) is 5.75 Å². The summed E-state index contributed by atoms with van der Waals surface area (Å²) in [5, 5.41) is 22.8. The van der Waals surface area contributed by atoms with Crippen LogP contribution in [0, 0.1) is 5.92 Å². The molecular formula is C21H23NO5. The minimum absolute atomic E-state index is 0.0737. The number of aliphatic hydroxyl groups excluding tert-OH is 1. The van der Waals surface area contributed by atoms with E-state index in [0.717, 1.165) is 23.3 Å². The first-order valence-electron chi connectivity index (χ1n) is 9.16. The topological polar surface area (TPSA) is 88.0 Å². The molecule has 1 atom stereocenters. The van der Waals surface area contributed by atoms with Gasteiger partial charge in [0.25, 0.3) is 5.91 Å². The normalized spacial score (nSPS) is 21.6. The molecule has 0 spiro atoms. The Hall–Kier alpha value is -2.73. The number of hydrogen-bond donors (Lipinski definition) is 3. The molecule has 6 nitrogen and oxygen atoms in total. The van der Waals surface area contributed by atoms with Gasteiger partial charge in [0, 0.05) is 12.0 Å². The van der Waals surface area contributed by atoms with Gasteiger partial charge in [-0.15, -0.1) is 0 Å². The van der Waals surface area contributed by atoms with E-state index in [9.17, 15) is 15.0 Å². The average Bonchev–Trinajstić information content (AvgIpc) is 3.11. The Morgan fingerprint density at radius 1 is 1.26 bits per heavy atom. The number of aliphatic hydroxyl groups is 1. The second-order valence-corrected chi connectivity index (χ2v) is 7.19. The van der Waals surface area contributed by atoms with Crippen molar-refractivity contribution in [3.8, 4) is 17.2 Å². The summed E-state index contributed by atoms with van der Waals surface area (Å²) in [4.78, 5) is 12.8. The van der Waals surface area contributed by atoms with Gasteiger partial charge in [-0.3, -0.25) is 4.79 Å². The van der Waals surface area contributed by atoms with E-state index in [-0.39, 0.29) is 29.7 Å². The number of benzene rings is 2. The molecule has 0 bridgehead atoms. The average molecular weight is 369 g/mol. The number of fused-ring (bicyclic) bond motifs is 1. The number of carbonyl (C=O) groups is 1. The summed E-state index contributed by atoms with van der Waals surface area (Å²) in [5.74, 6) is 1.06. The van der Waals surface area contributed by atoms with Crippen LogP contribution in [0.5, 0.6) is 17.2 Å². The van der Waals surface area contributed by atoms with Crippen molar-refractivity contribution in [1.82, 2.24) is 5.32 Å². The quantitative estimate of drug-likeness (QED) is 0.754. The van der Waals surface area contributed by atoms with Gasteiger partial charge in [-0.05, 0) is 60.2 Å². The molecule has 27 heavy (non-hydrogen) atoms. The van der Waals surface area contributed by atoms with Crippen molar-refractivity contribution in [2.75, 3.05) is 13.7 Å². The van der Waals surface area contributed by atoms with Crippen LogP contribution in [0.25, 0.3) is 0 Å². The molecule has 0 radical (unpaired) electrons. The highest BCUT2D eigenvalue weighted by molar-refractivity contribution is 5.95. The molecule has 1 fully saturated rings. The number of amides is 1. The molecule has 1 aliphatic heterocycles. The molecule has 1 saturated carbocycles. The molecule has 2 aromatic rings. The summed E-state index contributed by atoms with van der Waals surface area (Å²) >= 11 is 0. The van der Waals surface area contributed by atoms with Crippen LogP contribution in [0.15, 0.2) is 36.4 Å². The summed E-state index contributed by atoms with van der Waals surface area (Å²) in [6.45, 7) is 0.684. The van der Waals surface area contributed by atoms with Crippen molar-refractivity contribution >= 4 is 5.91 Å². The fourth-order valence-electron chi connectivity index (χ4n) is 3.83. The van der Waals surface area contributed by atoms with Gasteiger partial charge in [-0.25, -0.2) is 0 Å². The number of carbonyl (C=O) groups excluding carboxylic acids is 1. The zero-order valence-electron chi connectivity index (χ0n) is 15.1. The molecule has 2 aliphatic rings. The van der Waals surface area contributed by atoms with Crippen LogP contribution in [0.1, 0.15) is 40.4 Å². The predicted molar refractivity (Wildman–Crippen MR) is 99.2 cm³/mol. The maximum Gasteiger partial charge on any atom is 0.251 e. The number of phenolic OH excluding ortho intramolecular Hbond substituents is 1. The second kappa shape index (κ2) is 7.12. The number of ether oxygens (including phenoxy) is 2. The van der Waals surface area contributed by atoms with Gasteiger partial charge in [-0.2, -0.15) is 0 Å². The third-order valence-electron chi connectivity index (χ3n) is 5.42. The van der Waals surface area contributed by atoms with E-state index < -0.39 is 0 Å². The molecule has 3 N–H and O–H groups in total. The molecule has 2 aromatic carbocycles. The van der Waals surface area contributed by atoms with Crippen molar-refractivity contribution in [2.24, 2.45) is 5.92 Å². The van der Waals surface area contributed by atoms with Gasteiger partial charge in [0.2, 0.25) is 0 Å². The first-order valence-corrected chi connectivity index (χ1v) is 9.16. The summed E-state index contributed by atoms with van der Waals surface area (Å²) in [6.07, 6.45) is 1.87. The van der Waals surface area contributed by atoms with Crippen molar-refractivity contribution in [3.05, 3.63) is 53.1 Å². The summed E-state index contributed by atoms with van der Waals surface area (Å²) < 4.78 is 10.6. The van der Waals surface area contributed by atoms with E-state index >= 15 is 0 Å². The molecule has 4 rings (SSSR count). The maximum atomic E-state index is 12.8. The van der Waals surface area contributed by atoms with Crippen LogP contribution in [0.2, 0.25) is 0 Å². The zero-order valence-corrected chi connectivity index (χ0v) is 15.1. The van der Waals surface area contributed by atoms with Crippen LogP contribution in [0.3, 0.4) is 0 Å². The summed E-state index contributed by atoms with van der Waals surface area (Å²) in [6, 6.07) is 10.4. The van der Waals surface area contributed by atoms with Crippen molar-refractivity contribution in [3.63, 3.8) is 0 Å². The van der Waals surface area contributed by atoms with E-state index in [0.29, 0.717) is 30.8 Å². The van der Waals surface area contributed by atoms with Crippen molar-refractivity contribution < 1.29 is 24.5 Å². The van der Waals surface area contributed by atoms with E-state index in [1.807, 2.05) is 12.1 Å². The number of rotatable bonds is 5. The largest absolute Gasteiger partial charge is 0.504 e. The maximum absolute atomic E-state index is 12.8. The van der Waals surface area contributed by atoms with Gasteiger partial charge in [-0.1, -0.05) is 6.07 Å². The molecular weight excluding hydrogens is 346 g/mol. The highest BCUT2D eigenvalue weighted by Gasteiger charge is 2.36. The molecule has 142 valence electrons. The van der Waals surface area contributed by atoms with Gasteiger partial charge in [0.15, 0.2) is 11.5 Å². The molecule has 1 aliphatic carbocycles. The Labute approximate surface area is 157 Å². The van der Waals surface area contributed by atoms with E-state index in [1.165, 1.54) is 13.2 Å². The number of methoxy groups -OCH3 is 1. The molecule has 0 aromatic heterocycles. The lowest BCUT2D eigenvalue weighted by Crippen LogP contribution is -2.41. The number of aromatic hydroxyl groups is 1. The Morgan fingerprint density at radius 3 is 2.78 bits per heavy atom. The van der Waals surface area contributed by atoms with Crippen molar-refractivity contribution in [2.45, 2.75) is 31.4 Å². The molecule has 1 heterocycles. The Morgan fingerprint density at radius 2 is 2.07 bits per heavy atom. The smallest absolute Gasteiger partial charge is 0.251 e. The minimum Gasteiger partial charge on any atom is -0.504 e. The molecule has 1 unspecified atom stereocenters. The molecule has 0 saturated heterocycles. The number of nitrogens with one attached hydrogen (secondary N) is 1. The van der Waals surface area contributed by atoms with E-state index in [2.05, 4.69) is 11.4 Å². The number of phenols is 1. The lowest BCUT2D eigenvalue weighted by atomic mass is 9.74. The molecule has 6 heteroatoms. The third kappa shape index (κ3) is 3.45. The summed E-state index contributed by atoms with van der Waals surface area (Å²) in [7, 11) is 1.46. The van der Waals surface area contributed by atoms with Crippen LogP contribution in [-0.4, -0.2) is 35.9 Å². The lowest BCUT2D eigenvalue weighted by molar-refractivity contribution is 0.0235. The van der Waals surface area contributed by atoms with Crippen LogP contribution in [-0.2, 0) is 6.42 Å². The van der Waals surface area contributed by atoms with Crippen LogP contribution >= 0.6 is 0 Å². The Bertz CT molecular complexity index is 860. The Kier molecular flexibility index (Phi) is 4.66. The Balaban J connectivity index is 1.58. The van der Waals surface area contributed by atoms with Gasteiger partial charge < -0.3 is 25.0 Å². The van der Waals surface area contributed by atoms with E-state index in [4.69, 9.17) is 9.47 Å². The van der Waals surface area contributed by atoms with Gasteiger partial charge in [0.05, 0.1) is 25.9 Å². The predicted octanol–water partition coefficient (Wildman–Crippen LogP) is 2.58. The summed E-state index contributed by atoms with van der Waals surface area (Å²) in [5.41, 5.74) is 2.53. The van der Waals surface area contributed by atoms with Crippen LogP contribution < -0.4 is 14.8 Å². The fraction of sp³-hybridized carbons (Fsp3) is 0.381. The first-order chi connectivity index (χ1) is 13.0. The highest BCUT2D eigenvalue weighted by Crippen LogP contribution is 2.40. The lowest BCUT2D eigenvalue weighted by Gasteiger charge is -2.38. The van der Waals surface area contributed by atoms with Crippen LogP contribution in [0.4, 0.5) is 0 Å². The monoisotopic (exact) mass is 369 g/mol. The van der Waals surface area contributed by atoms with E-state index in [1.54, 1.807) is 12.1 Å². The molecule has 1 amide bonds. The standard InChI is InChI=1S/C21H23NO5/c1-26-19-5-3-14(11-17(19)24)21(25)22-20(15-9-16(23)10-15)13-2-4-18-12(8-13)6-7-27-18/h2-5,8,11,15-16,20,23-24H,6-7,9-10H2,1H3,(H,22,25). The minimum atomic E-state index is -0.308. The fourth-order valence-corrected chi connectivity index (χ4v) is 3.83. The first kappa shape index (κ1) is 17.7. The zero-order chi connectivity index (χ0) is 19.0. The third-order valence-corrected chi connectivity index (χ3v) is 5.42. The van der Waals surface area contributed by atoms with Gasteiger partial charge >= 0.3 is 0 Å². The second-order valence-electron chi connectivity index (χ2n) is 7.19. The SMILES string of the molecule is COc1ccc(C(=O)NC(c2ccc3c(c2)CCO3)C2CC(O)C2)cc1O. The van der Waals surface area contributed by atoms with Crippen molar-refractivity contribution in [1.29, 1.82) is 0 Å².